The van der Waals surface area contributed by atoms with Gasteiger partial charge in [0.1, 0.15) is 0 Å². The number of nitrogens with one attached hydrogen (secondary N) is 1. The molecule has 0 spiro atoms. The Kier molecular flexibility index (Phi) is 8.83. The Morgan fingerprint density at radius 2 is 1.71 bits per heavy atom. The summed E-state index contributed by atoms with van der Waals surface area (Å²) in [5.74, 6) is 0.653. The molecule has 3 heteroatoms. The van der Waals surface area contributed by atoms with Crippen molar-refractivity contribution in [3.63, 3.8) is 0 Å². The topological polar surface area (TPSA) is 24.5 Å². The van der Waals surface area contributed by atoms with E-state index in [-0.39, 0.29) is 0 Å². The fourth-order valence-electron chi connectivity index (χ4n) is 2.30. The molecule has 0 aromatic heterocycles. The Labute approximate surface area is 108 Å². The van der Waals surface area contributed by atoms with E-state index in [4.69, 9.17) is 4.74 Å². The number of rotatable bonds is 9. The van der Waals surface area contributed by atoms with Crippen LogP contribution in [0.3, 0.4) is 0 Å². The summed E-state index contributed by atoms with van der Waals surface area (Å²) < 4.78 is 5.28. The second-order valence-electron chi connectivity index (χ2n) is 5.51. The highest BCUT2D eigenvalue weighted by atomic mass is 16.5. The summed E-state index contributed by atoms with van der Waals surface area (Å²) in [5, 5.41) is 3.56. The smallest absolute Gasteiger partial charge is 0.0615 e. The Bertz CT molecular complexity index is 183. The average molecular weight is 244 g/mol. The summed E-state index contributed by atoms with van der Waals surface area (Å²) >= 11 is 0. The van der Waals surface area contributed by atoms with E-state index < -0.39 is 0 Å². The van der Waals surface area contributed by atoms with Gasteiger partial charge in [-0.25, -0.2) is 0 Å². The monoisotopic (exact) mass is 244 g/mol. The summed E-state index contributed by atoms with van der Waals surface area (Å²) in [5.41, 5.74) is 0. The van der Waals surface area contributed by atoms with Crippen molar-refractivity contribution >= 4 is 0 Å². The minimum absolute atomic E-state index is 0.478. The van der Waals surface area contributed by atoms with Gasteiger partial charge in [-0.15, -0.1) is 0 Å². The normalized spacial score (nSPS) is 15.9. The van der Waals surface area contributed by atoms with Crippen LogP contribution >= 0.6 is 0 Å². The van der Waals surface area contributed by atoms with Crippen LogP contribution in [0, 0.1) is 5.92 Å². The number of methoxy groups -OCH3 is 1. The molecule has 0 saturated heterocycles. The van der Waals surface area contributed by atoms with E-state index >= 15 is 0 Å². The number of nitrogens with zero attached hydrogens (tertiary/aromatic N) is 1. The number of hydrogen-bond acceptors (Lipinski definition) is 3. The first-order valence-electron chi connectivity index (χ1n) is 6.92. The minimum Gasteiger partial charge on any atom is -0.383 e. The highest BCUT2D eigenvalue weighted by molar-refractivity contribution is 4.81. The van der Waals surface area contributed by atoms with Crippen molar-refractivity contribution < 1.29 is 4.74 Å². The quantitative estimate of drug-likeness (QED) is 0.674. The molecule has 0 heterocycles. The summed E-state index contributed by atoms with van der Waals surface area (Å²) in [6.07, 6.45) is 0. The molecule has 2 unspecified atom stereocenters. The van der Waals surface area contributed by atoms with Gasteiger partial charge < -0.3 is 10.1 Å². The fourth-order valence-corrected chi connectivity index (χ4v) is 2.30. The molecule has 0 rings (SSSR count). The second kappa shape index (κ2) is 8.90. The molecule has 0 aromatic rings. The van der Waals surface area contributed by atoms with Crippen LogP contribution in [0.25, 0.3) is 0 Å². The van der Waals surface area contributed by atoms with E-state index in [0.717, 1.165) is 19.7 Å². The lowest BCUT2D eigenvalue weighted by Gasteiger charge is -2.38. The van der Waals surface area contributed by atoms with Crippen molar-refractivity contribution in [1.82, 2.24) is 10.2 Å². The first-order chi connectivity index (χ1) is 7.93. The predicted molar refractivity (Wildman–Crippen MR) is 75.5 cm³/mol. The Morgan fingerprint density at radius 1 is 1.12 bits per heavy atom. The first-order valence-corrected chi connectivity index (χ1v) is 6.92. The van der Waals surface area contributed by atoms with Crippen molar-refractivity contribution in [2.75, 3.05) is 26.8 Å². The molecule has 0 radical (unpaired) electrons. The summed E-state index contributed by atoms with van der Waals surface area (Å²) in [6, 6.07) is 1.60. The molecule has 0 saturated carbocycles. The minimum atomic E-state index is 0.478. The lowest BCUT2D eigenvalue weighted by atomic mass is 10.0. The molecule has 2 atom stereocenters. The van der Waals surface area contributed by atoms with Gasteiger partial charge in [-0.1, -0.05) is 34.6 Å². The maximum absolute atomic E-state index is 5.28. The Balaban J connectivity index is 4.51. The van der Waals surface area contributed by atoms with Gasteiger partial charge in [0.05, 0.1) is 6.61 Å². The van der Waals surface area contributed by atoms with Crippen molar-refractivity contribution in [3.05, 3.63) is 0 Å². The molecule has 0 aliphatic heterocycles. The van der Waals surface area contributed by atoms with Crippen LogP contribution in [0.1, 0.15) is 41.5 Å². The van der Waals surface area contributed by atoms with Crippen LogP contribution in [-0.2, 0) is 4.74 Å². The summed E-state index contributed by atoms with van der Waals surface area (Å²) in [7, 11) is 1.78. The molecular formula is C14H32N2O. The Hall–Kier alpha value is -0.120. The number of hydrogen-bond donors (Lipinski definition) is 1. The van der Waals surface area contributed by atoms with Gasteiger partial charge in [0.2, 0.25) is 0 Å². The van der Waals surface area contributed by atoms with Gasteiger partial charge >= 0.3 is 0 Å². The zero-order chi connectivity index (χ0) is 13.4. The largest absolute Gasteiger partial charge is 0.383 e. The van der Waals surface area contributed by atoms with Crippen molar-refractivity contribution in [2.45, 2.75) is 59.7 Å². The third-order valence-electron chi connectivity index (χ3n) is 3.27. The van der Waals surface area contributed by atoms with Crippen molar-refractivity contribution in [1.29, 1.82) is 0 Å². The van der Waals surface area contributed by atoms with Crippen molar-refractivity contribution in [3.8, 4) is 0 Å². The zero-order valence-electron chi connectivity index (χ0n) is 12.8. The number of likely N-dealkylation sites (N-methyl/N-ethyl adjacent to an activating group) is 1. The van der Waals surface area contributed by atoms with E-state index in [9.17, 15) is 0 Å². The standard InChI is InChI=1S/C14H32N2O/c1-8-16(13(6)10-17-7)14(11(2)3)9-15-12(4)5/h11-15H,8-10H2,1-7H3. The molecule has 0 bridgehead atoms. The van der Waals surface area contributed by atoms with Crippen LogP contribution in [0.15, 0.2) is 0 Å². The Morgan fingerprint density at radius 3 is 2.06 bits per heavy atom. The highest BCUT2D eigenvalue weighted by Crippen LogP contribution is 2.14. The molecule has 104 valence electrons. The van der Waals surface area contributed by atoms with Gasteiger partial charge in [-0.3, -0.25) is 4.90 Å². The number of ether oxygens (including phenoxy) is 1. The van der Waals surface area contributed by atoms with Gasteiger partial charge in [-0.05, 0) is 19.4 Å². The van der Waals surface area contributed by atoms with E-state index in [0.29, 0.717) is 24.0 Å². The molecule has 0 fully saturated rings. The molecule has 0 aliphatic carbocycles. The van der Waals surface area contributed by atoms with Gasteiger partial charge in [0.25, 0.3) is 0 Å². The maximum Gasteiger partial charge on any atom is 0.0615 e. The predicted octanol–water partition coefficient (Wildman–Crippen LogP) is 2.37. The van der Waals surface area contributed by atoms with Crippen molar-refractivity contribution in [2.24, 2.45) is 5.92 Å². The lowest BCUT2D eigenvalue weighted by molar-refractivity contribution is 0.0558. The third-order valence-corrected chi connectivity index (χ3v) is 3.27. The molecule has 0 amide bonds. The van der Waals surface area contributed by atoms with E-state index in [2.05, 4.69) is 51.8 Å². The molecule has 3 nitrogen and oxygen atoms in total. The highest BCUT2D eigenvalue weighted by Gasteiger charge is 2.24. The van der Waals surface area contributed by atoms with E-state index in [1.165, 1.54) is 0 Å². The SMILES string of the molecule is CCN(C(C)COC)C(CNC(C)C)C(C)C. The van der Waals surface area contributed by atoms with Crippen LogP contribution in [-0.4, -0.2) is 49.8 Å². The molecule has 17 heavy (non-hydrogen) atoms. The van der Waals surface area contributed by atoms with Crippen LogP contribution in [0.2, 0.25) is 0 Å². The maximum atomic E-state index is 5.28. The lowest BCUT2D eigenvalue weighted by Crippen LogP contribution is -2.51. The zero-order valence-corrected chi connectivity index (χ0v) is 12.8. The van der Waals surface area contributed by atoms with E-state index in [1.54, 1.807) is 7.11 Å². The summed E-state index contributed by atoms with van der Waals surface area (Å²) in [4.78, 5) is 2.55. The first kappa shape index (κ1) is 16.9. The molecule has 0 aromatic carbocycles. The van der Waals surface area contributed by atoms with Crippen LogP contribution < -0.4 is 5.32 Å². The van der Waals surface area contributed by atoms with Gasteiger partial charge in [0, 0.05) is 31.8 Å². The third kappa shape index (κ3) is 6.39. The molecular weight excluding hydrogens is 212 g/mol. The molecule has 1 N–H and O–H groups in total. The fraction of sp³-hybridized carbons (Fsp3) is 1.00. The summed E-state index contributed by atoms with van der Waals surface area (Å²) in [6.45, 7) is 16.4. The molecule has 0 aliphatic rings. The van der Waals surface area contributed by atoms with Crippen LogP contribution in [0.5, 0.6) is 0 Å². The van der Waals surface area contributed by atoms with Crippen LogP contribution in [0.4, 0.5) is 0 Å². The van der Waals surface area contributed by atoms with E-state index in [1.807, 2.05) is 0 Å². The van der Waals surface area contributed by atoms with Gasteiger partial charge in [-0.2, -0.15) is 0 Å². The average Bonchev–Trinajstić information content (AvgIpc) is 2.23. The van der Waals surface area contributed by atoms with Gasteiger partial charge in [0.15, 0.2) is 0 Å². The second-order valence-corrected chi connectivity index (χ2v) is 5.51.